The summed E-state index contributed by atoms with van der Waals surface area (Å²) in [6.45, 7) is 6.79. The first-order valence-corrected chi connectivity index (χ1v) is 12.0. The Morgan fingerprint density at radius 3 is 2.44 bits per heavy atom. The summed E-state index contributed by atoms with van der Waals surface area (Å²) in [6.07, 6.45) is 0.764. The number of pyridine rings is 1. The molecule has 0 spiro atoms. The van der Waals surface area contributed by atoms with Gasteiger partial charge in [-0.2, -0.15) is 0 Å². The van der Waals surface area contributed by atoms with E-state index in [-0.39, 0.29) is 12.5 Å². The molecule has 10 nitrogen and oxygen atoms in total. The first-order chi connectivity index (χ1) is 17.1. The second-order valence-corrected chi connectivity index (χ2v) is 9.37. The Labute approximate surface area is 210 Å². The van der Waals surface area contributed by atoms with Gasteiger partial charge in [-0.3, -0.25) is 19.8 Å². The SMILES string of the molecule is Cc1cc(COc2ccc(C3(C)CCN(C(CCCCNC(=O)O)C(=O)NO)C3=O)cc2)cc(C)n1. The van der Waals surface area contributed by atoms with E-state index in [0.29, 0.717) is 44.6 Å². The lowest BCUT2D eigenvalue weighted by molar-refractivity contribution is -0.144. The minimum atomic E-state index is -1.11. The van der Waals surface area contributed by atoms with Gasteiger partial charge in [-0.1, -0.05) is 12.1 Å². The number of carbonyl (C=O) groups excluding carboxylic acids is 2. The van der Waals surface area contributed by atoms with Crippen LogP contribution in [-0.4, -0.2) is 57.2 Å². The minimum Gasteiger partial charge on any atom is -0.489 e. The van der Waals surface area contributed by atoms with Gasteiger partial charge >= 0.3 is 6.09 Å². The Balaban J connectivity index is 1.64. The molecule has 194 valence electrons. The molecule has 1 aromatic heterocycles. The summed E-state index contributed by atoms with van der Waals surface area (Å²) in [5.74, 6) is -0.149. The van der Waals surface area contributed by atoms with Crippen molar-refractivity contribution in [1.29, 1.82) is 0 Å². The van der Waals surface area contributed by atoms with Crippen molar-refractivity contribution < 1.29 is 29.4 Å². The maximum Gasteiger partial charge on any atom is 0.404 e. The van der Waals surface area contributed by atoms with Crippen molar-refractivity contribution >= 4 is 17.9 Å². The van der Waals surface area contributed by atoms with E-state index in [2.05, 4.69) is 10.3 Å². The molecule has 1 fully saturated rings. The predicted octanol–water partition coefficient (Wildman–Crippen LogP) is 3.08. The van der Waals surface area contributed by atoms with Gasteiger partial charge in [-0.05, 0) is 81.8 Å². The number of hydrogen-bond donors (Lipinski definition) is 4. The standard InChI is InChI=1S/C26H34N4O6/c1-17-14-19(15-18(2)28-17)16-36-21-9-7-20(8-10-21)26(3)11-13-30(24(26)32)22(23(31)29-35)6-4-5-12-27-25(33)34/h7-10,14-15,22,27,35H,4-6,11-13,16H2,1-3H3,(H,29,31)(H,33,34). The number of aromatic nitrogens is 1. The van der Waals surface area contributed by atoms with E-state index in [1.54, 1.807) is 5.48 Å². The number of nitrogens with one attached hydrogen (secondary N) is 2. The molecule has 2 atom stereocenters. The third-order valence-electron chi connectivity index (χ3n) is 6.59. The number of hydroxylamine groups is 1. The molecular formula is C26H34N4O6. The number of likely N-dealkylation sites (tertiary alicyclic amines) is 1. The van der Waals surface area contributed by atoms with Crippen LogP contribution in [0.15, 0.2) is 36.4 Å². The van der Waals surface area contributed by atoms with E-state index in [9.17, 15) is 19.6 Å². The third kappa shape index (κ3) is 6.51. The van der Waals surface area contributed by atoms with E-state index in [1.807, 2.05) is 57.2 Å². The van der Waals surface area contributed by atoms with E-state index in [1.165, 1.54) is 4.90 Å². The number of hydrogen-bond acceptors (Lipinski definition) is 6. The molecule has 3 amide bonds. The Morgan fingerprint density at radius 2 is 1.83 bits per heavy atom. The molecule has 1 aliphatic heterocycles. The number of ether oxygens (including phenoxy) is 1. The highest BCUT2D eigenvalue weighted by molar-refractivity contribution is 5.94. The third-order valence-corrected chi connectivity index (χ3v) is 6.59. The molecule has 0 radical (unpaired) electrons. The highest BCUT2D eigenvalue weighted by atomic mass is 16.5. The zero-order valence-corrected chi connectivity index (χ0v) is 20.9. The van der Waals surface area contributed by atoms with Gasteiger partial charge in [0.15, 0.2) is 0 Å². The molecule has 2 unspecified atom stereocenters. The molecule has 4 N–H and O–H groups in total. The van der Waals surface area contributed by atoms with Crippen LogP contribution in [0.25, 0.3) is 0 Å². The van der Waals surface area contributed by atoms with Crippen LogP contribution >= 0.6 is 0 Å². The summed E-state index contributed by atoms with van der Waals surface area (Å²) in [6, 6.07) is 10.6. The molecule has 2 aromatic rings. The second kappa shape index (κ2) is 11.9. The van der Waals surface area contributed by atoms with Crippen LogP contribution in [0.5, 0.6) is 5.75 Å². The van der Waals surface area contributed by atoms with Crippen LogP contribution in [0, 0.1) is 13.8 Å². The van der Waals surface area contributed by atoms with Gasteiger partial charge in [0, 0.05) is 24.5 Å². The number of carbonyl (C=O) groups is 3. The lowest BCUT2D eigenvalue weighted by Gasteiger charge is -2.29. The molecule has 3 rings (SSSR count). The van der Waals surface area contributed by atoms with Crippen molar-refractivity contribution in [2.45, 2.75) is 64.5 Å². The van der Waals surface area contributed by atoms with E-state index in [4.69, 9.17) is 9.84 Å². The zero-order chi connectivity index (χ0) is 26.3. The van der Waals surface area contributed by atoms with Crippen LogP contribution in [0.1, 0.15) is 55.1 Å². The summed E-state index contributed by atoms with van der Waals surface area (Å²) in [7, 11) is 0. The zero-order valence-electron chi connectivity index (χ0n) is 20.9. The molecule has 0 aliphatic carbocycles. The number of benzene rings is 1. The maximum absolute atomic E-state index is 13.5. The van der Waals surface area contributed by atoms with Crippen molar-refractivity contribution in [3.63, 3.8) is 0 Å². The predicted molar refractivity (Wildman–Crippen MR) is 132 cm³/mol. The summed E-state index contributed by atoms with van der Waals surface area (Å²) in [4.78, 5) is 42.3. The van der Waals surface area contributed by atoms with E-state index >= 15 is 0 Å². The van der Waals surface area contributed by atoms with Gasteiger partial charge in [-0.25, -0.2) is 10.3 Å². The molecule has 1 saturated heterocycles. The molecular weight excluding hydrogens is 464 g/mol. The smallest absolute Gasteiger partial charge is 0.404 e. The van der Waals surface area contributed by atoms with Crippen LogP contribution in [-0.2, 0) is 21.6 Å². The first kappa shape index (κ1) is 26.9. The Morgan fingerprint density at radius 1 is 1.17 bits per heavy atom. The number of carboxylic acid groups (broad SMARTS) is 1. The normalized spacial score (nSPS) is 18.1. The van der Waals surface area contributed by atoms with Gasteiger partial charge in [0.1, 0.15) is 18.4 Å². The number of amides is 3. The number of aryl methyl sites for hydroxylation is 2. The molecule has 0 saturated carbocycles. The lowest BCUT2D eigenvalue weighted by Crippen LogP contribution is -2.49. The molecule has 1 aromatic carbocycles. The average molecular weight is 499 g/mol. The fourth-order valence-electron chi connectivity index (χ4n) is 4.69. The molecule has 1 aliphatic rings. The Kier molecular flexibility index (Phi) is 8.87. The number of unbranched alkanes of at least 4 members (excludes halogenated alkanes) is 1. The van der Waals surface area contributed by atoms with Crippen molar-refractivity contribution in [2.75, 3.05) is 13.1 Å². The van der Waals surface area contributed by atoms with Gasteiger partial charge < -0.3 is 20.1 Å². The molecule has 0 bridgehead atoms. The number of nitrogens with zero attached hydrogens (tertiary/aromatic N) is 2. The van der Waals surface area contributed by atoms with Crippen LogP contribution in [0.4, 0.5) is 4.79 Å². The van der Waals surface area contributed by atoms with Crippen molar-refractivity contribution in [2.24, 2.45) is 0 Å². The Bertz CT molecular complexity index is 1070. The molecule has 36 heavy (non-hydrogen) atoms. The van der Waals surface area contributed by atoms with E-state index < -0.39 is 23.5 Å². The van der Waals surface area contributed by atoms with Crippen LogP contribution in [0.3, 0.4) is 0 Å². The highest BCUT2D eigenvalue weighted by Gasteiger charge is 2.47. The van der Waals surface area contributed by atoms with E-state index in [0.717, 1.165) is 22.5 Å². The number of rotatable bonds is 11. The minimum absolute atomic E-state index is 0.184. The van der Waals surface area contributed by atoms with Gasteiger partial charge in [-0.15, -0.1) is 0 Å². The van der Waals surface area contributed by atoms with Crippen LogP contribution < -0.4 is 15.5 Å². The largest absolute Gasteiger partial charge is 0.489 e. The lowest BCUT2D eigenvalue weighted by atomic mass is 9.81. The van der Waals surface area contributed by atoms with Gasteiger partial charge in [0.25, 0.3) is 5.91 Å². The quantitative estimate of drug-likeness (QED) is 0.212. The van der Waals surface area contributed by atoms with Crippen molar-refractivity contribution in [3.8, 4) is 5.75 Å². The summed E-state index contributed by atoms with van der Waals surface area (Å²) < 4.78 is 5.92. The summed E-state index contributed by atoms with van der Waals surface area (Å²) >= 11 is 0. The Hall–Kier alpha value is -3.66. The molecule has 2 heterocycles. The van der Waals surface area contributed by atoms with Gasteiger partial charge in [0.2, 0.25) is 5.91 Å². The van der Waals surface area contributed by atoms with Gasteiger partial charge in [0.05, 0.1) is 5.41 Å². The van der Waals surface area contributed by atoms with Crippen LogP contribution in [0.2, 0.25) is 0 Å². The summed E-state index contributed by atoms with van der Waals surface area (Å²) in [5, 5.41) is 20.2. The summed E-state index contributed by atoms with van der Waals surface area (Å²) in [5.41, 5.74) is 4.59. The first-order valence-electron chi connectivity index (χ1n) is 12.0. The van der Waals surface area contributed by atoms with Crippen molar-refractivity contribution in [3.05, 3.63) is 58.9 Å². The van der Waals surface area contributed by atoms with Crippen molar-refractivity contribution in [1.82, 2.24) is 20.7 Å². The topological polar surface area (TPSA) is 141 Å². The fourth-order valence-corrected chi connectivity index (χ4v) is 4.69. The highest BCUT2D eigenvalue weighted by Crippen LogP contribution is 2.37. The molecule has 10 heteroatoms. The fraction of sp³-hybridized carbons (Fsp3) is 0.462. The average Bonchev–Trinajstić information content (AvgIpc) is 3.14. The maximum atomic E-state index is 13.5. The second-order valence-electron chi connectivity index (χ2n) is 9.37. The monoisotopic (exact) mass is 498 g/mol.